The first kappa shape index (κ1) is 22.2. The number of amides is 1. The van der Waals surface area contributed by atoms with Gasteiger partial charge in [0, 0.05) is 35.6 Å². The number of anilines is 1. The smallest absolute Gasteiger partial charge is 0.227 e. The highest BCUT2D eigenvalue weighted by Gasteiger charge is 2.26. The Hall–Kier alpha value is -5.06. The number of carbonyl (C=O) groups excluding carboxylic acids is 1. The number of fused-ring (bicyclic) bond motifs is 2. The van der Waals surface area contributed by atoms with E-state index in [0.29, 0.717) is 39.4 Å². The largest absolute Gasteiger partial charge is 0.335 e. The molecule has 0 saturated heterocycles. The van der Waals surface area contributed by atoms with Gasteiger partial charge in [0.05, 0.1) is 40.2 Å². The van der Waals surface area contributed by atoms with Crippen LogP contribution >= 0.6 is 0 Å². The van der Waals surface area contributed by atoms with Crippen LogP contribution in [0.3, 0.4) is 0 Å². The van der Waals surface area contributed by atoms with Crippen LogP contribution in [0.2, 0.25) is 0 Å². The summed E-state index contributed by atoms with van der Waals surface area (Å²) in [7, 11) is 0. The molecule has 3 N–H and O–H groups in total. The van der Waals surface area contributed by atoms with E-state index < -0.39 is 5.82 Å². The molecule has 0 atom stereocenters. The average Bonchev–Trinajstić information content (AvgIpc) is 3.53. The number of pyridine rings is 4. The number of rotatable bonds is 5. The van der Waals surface area contributed by atoms with Gasteiger partial charge in [-0.2, -0.15) is 5.10 Å². The molecule has 0 unspecified atom stereocenters. The molecule has 6 aromatic rings. The van der Waals surface area contributed by atoms with Gasteiger partial charge in [-0.05, 0) is 37.1 Å². The number of nitrogens with zero attached hydrogens (tertiary/aromatic N) is 6. The molecule has 0 bridgehead atoms. The fraction of sp³-hybridized carbons (Fsp3) is 0.148. The van der Waals surface area contributed by atoms with Crippen LogP contribution in [0.5, 0.6) is 0 Å². The first-order valence-corrected chi connectivity index (χ1v) is 12.2. The SMILES string of the molecule is O=C(Nc1cncc(-c2ncc3[nH]nc(-c4nc5nccc(-c6ccccn6)c5[nH]4)c3c2F)c1)C1CCC1. The van der Waals surface area contributed by atoms with Crippen molar-refractivity contribution in [3.63, 3.8) is 0 Å². The lowest BCUT2D eigenvalue weighted by Crippen LogP contribution is -2.28. The van der Waals surface area contributed by atoms with Gasteiger partial charge in [-0.25, -0.2) is 14.4 Å². The number of carbonyl (C=O) groups is 1. The topological polar surface area (TPSA) is 138 Å². The lowest BCUT2D eigenvalue weighted by molar-refractivity contribution is -0.122. The minimum atomic E-state index is -0.575. The normalized spacial score (nSPS) is 13.6. The Morgan fingerprint density at radius 3 is 2.76 bits per heavy atom. The summed E-state index contributed by atoms with van der Waals surface area (Å²) >= 11 is 0. The zero-order chi connectivity index (χ0) is 25.6. The number of hydrogen-bond donors (Lipinski definition) is 3. The van der Waals surface area contributed by atoms with Crippen molar-refractivity contribution in [3.05, 3.63) is 67.1 Å². The quantitative estimate of drug-likeness (QED) is 0.303. The van der Waals surface area contributed by atoms with Crippen LogP contribution in [0.15, 0.2) is 61.3 Å². The van der Waals surface area contributed by atoms with Crippen molar-refractivity contribution in [3.8, 4) is 34.0 Å². The summed E-state index contributed by atoms with van der Waals surface area (Å²) < 4.78 is 16.0. The lowest BCUT2D eigenvalue weighted by atomic mass is 9.85. The predicted octanol–water partition coefficient (Wildman–Crippen LogP) is 4.90. The van der Waals surface area contributed by atoms with Crippen molar-refractivity contribution in [1.82, 2.24) is 40.1 Å². The molecule has 0 aromatic carbocycles. The summed E-state index contributed by atoms with van der Waals surface area (Å²) in [5.74, 6) is -0.235. The highest BCUT2D eigenvalue weighted by molar-refractivity contribution is 5.97. The molecule has 1 aliphatic rings. The molecule has 7 rings (SSSR count). The minimum Gasteiger partial charge on any atom is -0.335 e. The molecule has 0 spiro atoms. The van der Waals surface area contributed by atoms with Gasteiger partial charge in [0.25, 0.3) is 0 Å². The number of halogens is 1. The monoisotopic (exact) mass is 505 g/mol. The van der Waals surface area contributed by atoms with E-state index >= 15 is 4.39 Å². The third-order valence-electron chi connectivity index (χ3n) is 6.86. The molecular formula is C27H20FN9O. The number of aromatic nitrogens is 8. The number of imidazole rings is 1. The van der Waals surface area contributed by atoms with Gasteiger partial charge in [-0.1, -0.05) is 12.5 Å². The molecule has 38 heavy (non-hydrogen) atoms. The van der Waals surface area contributed by atoms with Crippen LogP contribution in [-0.2, 0) is 4.79 Å². The van der Waals surface area contributed by atoms with Crippen LogP contribution in [0.4, 0.5) is 10.1 Å². The van der Waals surface area contributed by atoms with E-state index in [9.17, 15) is 4.79 Å². The van der Waals surface area contributed by atoms with Gasteiger partial charge in [0.1, 0.15) is 11.4 Å². The molecule has 0 aliphatic heterocycles. The molecule has 6 aromatic heterocycles. The molecule has 10 nitrogen and oxygen atoms in total. The summed E-state index contributed by atoms with van der Waals surface area (Å²) in [6.07, 6.45) is 10.8. The predicted molar refractivity (Wildman–Crippen MR) is 139 cm³/mol. The Kier molecular flexibility index (Phi) is 5.13. The van der Waals surface area contributed by atoms with E-state index in [1.165, 1.54) is 12.4 Å². The average molecular weight is 506 g/mol. The third kappa shape index (κ3) is 3.67. The zero-order valence-corrected chi connectivity index (χ0v) is 19.9. The Morgan fingerprint density at radius 2 is 1.95 bits per heavy atom. The second-order valence-corrected chi connectivity index (χ2v) is 9.22. The van der Waals surface area contributed by atoms with Gasteiger partial charge < -0.3 is 10.3 Å². The Labute approximate surface area is 214 Å². The van der Waals surface area contributed by atoms with E-state index in [0.717, 1.165) is 30.5 Å². The summed E-state index contributed by atoms with van der Waals surface area (Å²) in [5.41, 5.74) is 4.47. The van der Waals surface area contributed by atoms with Crippen molar-refractivity contribution >= 4 is 33.7 Å². The van der Waals surface area contributed by atoms with Gasteiger partial charge >= 0.3 is 0 Å². The summed E-state index contributed by atoms with van der Waals surface area (Å²) in [4.78, 5) is 37.5. The van der Waals surface area contributed by atoms with Crippen molar-refractivity contribution in [1.29, 1.82) is 0 Å². The zero-order valence-electron chi connectivity index (χ0n) is 19.9. The first-order valence-electron chi connectivity index (χ1n) is 12.2. The molecule has 0 radical (unpaired) electrons. The standard InChI is InChI=1S/C27H20FN9O/c28-21-20-19(13-32-22(21)15-10-16(12-29-11-15)33-27(38)14-4-3-5-14)36-37-24(20)26-34-23-17(7-9-31-25(23)35-26)18-6-1-2-8-30-18/h1-2,6-14H,3-5H2,(H,33,38)(H,36,37)(H,31,34,35). The maximum atomic E-state index is 16.0. The van der Waals surface area contributed by atoms with Gasteiger partial charge in [0.2, 0.25) is 5.91 Å². The number of hydrogen-bond acceptors (Lipinski definition) is 7. The molecule has 1 fully saturated rings. The van der Waals surface area contributed by atoms with Gasteiger partial charge in [-0.3, -0.25) is 24.8 Å². The Bertz CT molecular complexity index is 1830. The Balaban J connectivity index is 1.30. The Morgan fingerprint density at radius 1 is 1.03 bits per heavy atom. The molecule has 1 amide bonds. The number of nitrogens with one attached hydrogen (secondary N) is 3. The van der Waals surface area contributed by atoms with Crippen molar-refractivity contribution in [2.24, 2.45) is 5.92 Å². The fourth-order valence-electron chi connectivity index (χ4n) is 4.66. The molecule has 1 saturated carbocycles. The van der Waals surface area contributed by atoms with Crippen LogP contribution in [0.25, 0.3) is 56.1 Å². The highest BCUT2D eigenvalue weighted by Crippen LogP contribution is 2.34. The first-order chi connectivity index (χ1) is 18.7. The van der Waals surface area contributed by atoms with Crippen LogP contribution in [0.1, 0.15) is 19.3 Å². The van der Waals surface area contributed by atoms with Crippen LogP contribution in [-0.4, -0.2) is 46.0 Å². The third-order valence-corrected chi connectivity index (χ3v) is 6.86. The maximum absolute atomic E-state index is 16.0. The highest BCUT2D eigenvalue weighted by atomic mass is 19.1. The molecule has 1 aliphatic carbocycles. The van der Waals surface area contributed by atoms with Crippen molar-refractivity contribution in [2.45, 2.75) is 19.3 Å². The van der Waals surface area contributed by atoms with E-state index in [-0.39, 0.29) is 22.9 Å². The number of aromatic amines is 2. The second kappa shape index (κ2) is 8.80. The minimum absolute atomic E-state index is 0.0230. The van der Waals surface area contributed by atoms with Gasteiger partial charge in [-0.15, -0.1) is 0 Å². The molecule has 186 valence electrons. The summed E-state index contributed by atoms with van der Waals surface area (Å²) in [6.45, 7) is 0. The van der Waals surface area contributed by atoms with Crippen LogP contribution < -0.4 is 5.32 Å². The maximum Gasteiger partial charge on any atom is 0.227 e. The van der Waals surface area contributed by atoms with E-state index in [4.69, 9.17) is 0 Å². The van der Waals surface area contributed by atoms with E-state index in [1.54, 1.807) is 24.7 Å². The molecular weight excluding hydrogens is 485 g/mol. The summed E-state index contributed by atoms with van der Waals surface area (Å²) in [6, 6.07) is 9.16. The second-order valence-electron chi connectivity index (χ2n) is 9.22. The lowest BCUT2D eigenvalue weighted by Gasteiger charge is -2.24. The fourth-order valence-corrected chi connectivity index (χ4v) is 4.66. The van der Waals surface area contributed by atoms with Gasteiger partial charge in [0.15, 0.2) is 17.3 Å². The van der Waals surface area contributed by atoms with Crippen molar-refractivity contribution in [2.75, 3.05) is 5.32 Å². The molecule has 6 heterocycles. The van der Waals surface area contributed by atoms with E-state index in [1.807, 2.05) is 24.3 Å². The van der Waals surface area contributed by atoms with Crippen LogP contribution in [0, 0.1) is 11.7 Å². The summed E-state index contributed by atoms with van der Waals surface area (Å²) in [5, 5.41) is 10.3. The number of H-pyrrole nitrogens is 2. The van der Waals surface area contributed by atoms with E-state index in [2.05, 4.69) is 45.4 Å². The molecule has 11 heteroatoms. The van der Waals surface area contributed by atoms with Crippen molar-refractivity contribution < 1.29 is 9.18 Å².